The van der Waals surface area contributed by atoms with Crippen LogP contribution in [-0.2, 0) is 0 Å². The van der Waals surface area contributed by atoms with Crippen molar-refractivity contribution in [3.63, 3.8) is 0 Å². The van der Waals surface area contributed by atoms with Crippen molar-refractivity contribution in [3.05, 3.63) is 12.3 Å². The normalized spacial score (nSPS) is 22.6. The van der Waals surface area contributed by atoms with Crippen molar-refractivity contribution >= 4 is 0 Å². The van der Waals surface area contributed by atoms with Crippen LogP contribution in [0.3, 0.4) is 0 Å². The van der Waals surface area contributed by atoms with Crippen LogP contribution in [0.5, 0.6) is 0 Å². The summed E-state index contributed by atoms with van der Waals surface area (Å²) in [6.07, 6.45) is 2.31. The van der Waals surface area contributed by atoms with Gasteiger partial charge < -0.3 is 10.8 Å². The van der Waals surface area contributed by atoms with E-state index in [0.717, 1.165) is 12.8 Å². The van der Waals surface area contributed by atoms with Crippen LogP contribution in [0.4, 0.5) is 0 Å². The lowest BCUT2D eigenvalue weighted by molar-refractivity contribution is 0.356. The smallest absolute Gasteiger partial charge is 0.102 e. The summed E-state index contributed by atoms with van der Waals surface area (Å²) in [7, 11) is 0. The Morgan fingerprint density at radius 2 is 2.25 bits per heavy atom. The molecule has 0 saturated heterocycles. The SMILES string of the molecule is C=C(O)[C@@H](N)C1CC1. The molecule has 1 fully saturated rings. The molecule has 0 aromatic carbocycles. The minimum absolute atomic E-state index is 0.132. The Kier molecular flexibility index (Phi) is 1.26. The Hall–Kier alpha value is -0.500. The highest BCUT2D eigenvalue weighted by molar-refractivity contribution is 5.01. The lowest BCUT2D eigenvalue weighted by Crippen LogP contribution is -2.23. The van der Waals surface area contributed by atoms with Crippen LogP contribution >= 0.6 is 0 Å². The molecule has 1 rings (SSSR count). The van der Waals surface area contributed by atoms with Crippen LogP contribution in [0.15, 0.2) is 12.3 Å². The van der Waals surface area contributed by atoms with Gasteiger partial charge in [0.05, 0.1) is 6.04 Å². The highest BCUT2D eigenvalue weighted by Crippen LogP contribution is 2.33. The molecule has 2 heteroatoms. The molecule has 8 heavy (non-hydrogen) atoms. The average Bonchev–Trinajstić information content (AvgIpc) is 2.43. The van der Waals surface area contributed by atoms with Crippen LogP contribution in [0.1, 0.15) is 12.8 Å². The Bertz CT molecular complexity index is 107. The predicted octanol–water partition coefficient (Wildman–Crippen LogP) is 0.795. The van der Waals surface area contributed by atoms with E-state index < -0.39 is 0 Å². The molecule has 0 aromatic heterocycles. The van der Waals surface area contributed by atoms with E-state index in [2.05, 4.69) is 6.58 Å². The van der Waals surface area contributed by atoms with Crippen LogP contribution in [-0.4, -0.2) is 11.1 Å². The highest BCUT2D eigenvalue weighted by atomic mass is 16.3. The van der Waals surface area contributed by atoms with Crippen molar-refractivity contribution in [3.8, 4) is 0 Å². The van der Waals surface area contributed by atoms with E-state index in [9.17, 15) is 0 Å². The number of rotatable bonds is 2. The zero-order valence-electron chi connectivity index (χ0n) is 4.80. The van der Waals surface area contributed by atoms with Crippen LogP contribution < -0.4 is 5.73 Å². The molecule has 0 heterocycles. The first-order valence-electron chi connectivity index (χ1n) is 2.85. The summed E-state index contributed by atoms with van der Waals surface area (Å²) in [4.78, 5) is 0. The molecule has 2 nitrogen and oxygen atoms in total. The van der Waals surface area contributed by atoms with Gasteiger partial charge in [-0.15, -0.1) is 0 Å². The summed E-state index contributed by atoms with van der Waals surface area (Å²) in [5, 5.41) is 8.71. The zero-order chi connectivity index (χ0) is 6.15. The second-order valence-electron chi connectivity index (χ2n) is 2.35. The van der Waals surface area contributed by atoms with Crippen molar-refractivity contribution in [2.75, 3.05) is 0 Å². The Labute approximate surface area is 49.0 Å². The van der Waals surface area contributed by atoms with Gasteiger partial charge in [0.25, 0.3) is 0 Å². The van der Waals surface area contributed by atoms with Crippen LogP contribution in [0, 0.1) is 5.92 Å². The van der Waals surface area contributed by atoms with Crippen molar-refractivity contribution in [2.24, 2.45) is 11.7 Å². The molecule has 1 aliphatic carbocycles. The van der Waals surface area contributed by atoms with Gasteiger partial charge in [-0.05, 0) is 18.8 Å². The Balaban J connectivity index is 2.32. The Morgan fingerprint density at radius 3 is 2.38 bits per heavy atom. The van der Waals surface area contributed by atoms with Gasteiger partial charge in [0, 0.05) is 0 Å². The number of nitrogens with two attached hydrogens (primary N) is 1. The van der Waals surface area contributed by atoms with E-state index >= 15 is 0 Å². The van der Waals surface area contributed by atoms with Gasteiger partial charge in [0.15, 0.2) is 0 Å². The fraction of sp³-hybridized carbons (Fsp3) is 0.667. The first kappa shape index (κ1) is 5.63. The van der Waals surface area contributed by atoms with E-state index in [1.54, 1.807) is 0 Å². The van der Waals surface area contributed by atoms with Crippen molar-refractivity contribution < 1.29 is 5.11 Å². The van der Waals surface area contributed by atoms with E-state index in [1.807, 2.05) is 0 Å². The topological polar surface area (TPSA) is 46.2 Å². The second kappa shape index (κ2) is 1.78. The fourth-order valence-electron chi connectivity index (χ4n) is 0.727. The maximum atomic E-state index is 8.71. The van der Waals surface area contributed by atoms with Gasteiger partial charge in [0.1, 0.15) is 5.76 Å². The molecule has 0 spiro atoms. The summed E-state index contributed by atoms with van der Waals surface area (Å²) in [5.74, 6) is 0.653. The monoisotopic (exact) mass is 113 g/mol. The number of hydrogen-bond donors (Lipinski definition) is 2. The lowest BCUT2D eigenvalue weighted by atomic mass is 10.2. The fourth-order valence-corrected chi connectivity index (χ4v) is 0.727. The zero-order valence-corrected chi connectivity index (χ0v) is 4.80. The third-order valence-corrected chi connectivity index (χ3v) is 1.51. The summed E-state index contributed by atoms with van der Waals surface area (Å²) in [5.41, 5.74) is 5.47. The summed E-state index contributed by atoms with van der Waals surface area (Å²) < 4.78 is 0. The molecule has 0 aliphatic heterocycles. The quantitative estimate of drug-likeness (QED) is 0.520. The minimum Gasteiger partial charge on any atom is -0.511 e. The van der Waals surface area contributed by atoms with Gasteiger partial charge in [-0.1, -0.05) is 6.58 Å². The molecule has 0 unspecified atom stereocenters. The molecule has 1 saturated carbocycles. The molecule has 46 valence electrons. The van der Waals surface area contributed by atoms with Gasteiger partial charge in [-0.3, -0.25) is 0 Å². The van der Waals surface area contributed by atoms with Gasteiger partial charge in [-0.2, -0.15) is 0 Å². The van der Waals surface area contributed by atoms with Gasteiger partial charge >= 0.3 is 0 Å². The van der Waals surface area contributed by atoms with E-state index in [1.165, 1.54) is 0 Å². The number of hydrogen-bond acceptors (Lipinski definition) is 2. The first-order chi connectivity index (χ1) is 3.72. The molecular formula is C6H11NO. The number of aliphatic hydroxyl groups excluding tert-OH is 1. The first-order valence-corrected chi connectivity index (χ1v) is 2.85. The third-order valence-electron chi connectivity index (χ3n) is 1.51. The average molecular weight is 113 g/mol. The largest absolute Gasteiger partial charge is 0.511 e. The Morgan fingerprint density at radius 1 is 1.75 bits per heavy atom. The summed E-state index contributed by atoms with van der Waals surface area (Å²) in [6, 6.07) is -0.157. The summed E-state index contributed by atoms with van der Waals surface area (Å²) >= 11 is 0. The van der Waals surface area contributed by atoms with Crippen LogP contribution in [0.25, 0.3) is 0 Å². The lowest BCUT2D eigenvalue weighted by Gasteiger charge is -2.05. The summed E-state index contributed by atoms with van der Waals surface area (Å²) in [6.45, 7) is 3.35. The van der Waals surface area contributed by atoms with E-state index in [-0.39, 0.29) is 11.8 Å². The molecule has 1 aliphatic rings. The standard InChI is InChI=1S/C6H11NO/c1-4(8)6(7)5-2-3-5/h5-6,8H,1-3,7H2/t6-/m1/s1. The molecule has 0 amide bonds. The molecular weight excluding hydrogens is 102 g/mol. The second-order valence-corrected chi connectivity index (χ2v) is 2.35. The van der Waals surface area contributed by atoms with Gasteiger partial charge in [0.2, 0.25) is 0 Å². The molecule has 0 bridgehead atoms. The highest BCUT2D eigenvalue weighted by Gasteiger charge is 2.29. The maximum absolute atomic E-state index is 8.71. The maximum Gasteiger partial charge on any atom is 0.102 e. The van der Waals surface area contributed by atoms with Crippen molar-refractivity contribution in [1.29, 1.82) is 0 Å². The molecule has 3 N–H and O–H groups in total. The van der Waals surface area contributed by atoms with Crippen LogP contribution in [0.2, 0.25) is 0 Å². The van der Waals surface area contributed by atoms with Crippen molar-refractivity contribution in [1.82, 2.24) is 0 Å². The van der Waals surface area contributed by atoms with E-state index in [0.29, 0.717) is 5.92 Å². The van der Waals surface area contributed by atoms with Gasteiger partial charge in [-0.25, -0.2) is 0 Å². The predicted molar refractivity (Wildman–Crippen MR) is 32.5 cm³/mol. The number of aliphatic hydroxyl groups is 1. The van der Waals surface area contributed by atoms with E-state index in [4.69, 9.17) is 10.8 Å². The molecule has 1 atom stereocenters. The molecule has 0 aromatic rings. The third kappa shape index (κ3) is 1.01. The minimum atomic E-state index is -0.157. The molecule has 0 radical (unpaired) electrons. The van der Waals surface area contributed by atoms with Crippen molar-refractivity contribution in [2.45, 2.75) is 18.9 Å².